The highest BCUT2D eigenvalue weighted by atomic mass is 32.2. The quantitative estimate of drug-likeness (QED) is 0.429. The predicted octanol–water partition coefficient (Wildman–Crippen LogP) is 3.21. The minimum atomic E-state index is -0.287. The number of carbonyl (C=O) groups excluding carboxylic acids is 1. The van der Waals surface area contributed by atoms with E-state index in [4.69, 9.17) is 0 Å². The van der Waals surface area contributed by atoms with Crippen molar-refractivity contribution in [3.63, 3.8) is 0 Å². The standard InChI is InChI=1S/C18H27N3O2S/c1-3-7-15-12-16(22)21-18(20-15)24-13(2)17(23)19-11-10-14-8-5-4-6-9-14/h8,12-13H,3-7,9-11H2,1-2H3,(H,19,23)(H,20,21,22)/t13-/m1/s1. The molecule has 2 rings (SSSR count). The van der Waals surface area contributed by atoms with Gasteiger partial charge in [0.25, 0.3) is 5.56 Å². The minimum absolute atomic E-state index is 0.0139. The molecule has 1 atom stereocenters. The monoisotopic (exact) mass is 349 g/mol. The van der Waals surface area contributed by atoms with E-state index >= 15 is 0 Å². The van der Waals surface area contributed by atoms with Crippen LogP contribution >= 0.6 is 11.8 Å². The van der Waals surface area contributed by atoms with Crippen molar-refractivity contribution in [2.24, 2.45) is 0 Å². The molecule has 0 bridgehead atoms. The lowest BCUT2D eigenvalue weighted by Crippen LogP contribution is -2.32. The highest BCUT2D eigenvalue weighted by Crippen LogP contribution is 2.20. The number of H-pyrrole nitrogens is 1. The molecular formula is C18H27N3O2S. The van der Waals surface area contributed by atoms with Gasteiger partial charge in [0, 0.05) is 18.3 Å². The summed E-state index contributed by atoms with van der Waals surface area (Å²) in [7, 11) is 0. The molecule has 0 aliphatic heterocycles. The third kappa shape index (κ3) is 6.15. The summed E-state index contributed by atoms with van der Waals surface area (Å²) in [5, 5.41) is 3.21. The van der Waals surface area contributed by atoms with Crippen LogP contribution in [0, 0.1) is 0 Å². The van der Waals surface area contributed by atoms with E-state index in [2.05, 4.69) is 21.4 Å². The van der Waals surface area contributed by atoms with Gasteiger partial charge in [-0.05, 0) is 45.4 Å². The zero-order chi connectivity index (χ0) is 17.4. The molecule has 1 aromatic rings. The second-order valence-corrected chi connectivity index (χ2v) is 7.53. The van der Waals surface area contributed by atoms with Crippen LogP contribution < -0.4 is 10.9 Å². The fraction of sp³-hybridized carbons (Fsp3) is 0.611. The van der Waals surface area contributed by atoms with E-state index in [-0.39, 0.29) is 16.7 Å². The van der Waals surface area contributed by atoms with Crippen LogP contribution in [0.25, 0.3) is 0 Å². The number of thioether (sulfide) groups is 1. The Morgan fingerprint density at radius 1 is 1.42 bits per heavy atom. The number of allylic oxidation sites excluding steroid dienone is 1. The Hall–Kier alpha value is -1.56. The number of aromatic amines is 1. The first-order chi connectivity index (χ1) is 11.6. The molecule has 1 heterocycles. The van der Waals surface area contributed by atoms with Crippen molar-refractivity contribution in [2.75, 3.05) is 6.54 Å². The van der Waals surface area contributed by atoms with Gasteiger partial charge >= 0.3 is 0 Å². The Kier molecular flexibility index (Phi) is 7.56. The number of carbonyl (C=O) groups is 1. The molecule has 1 aliphatic rings. The summed E-state index contributed by atoms with van der Waals surface area (Å²) in [6.07, 6.45) is 9.83. The largest absolute Gasteiger partial charge is 0.355 e. The topological polar surface area (TPSA) is 74.8 Å². The molecule has 2 N–H and O–H groups in total. The van der Waals surface area contributed by atoms with E-state index in [9.17, 15) is 9.59 Å². The Labute approximate surface area is 147 Å². The number of hydrogen-bond donors (Lipinski definition) is 2. The van der Waals surface area contributed by atoms with Gasteiger partial charge in [0.2, 0.25) is 5.91 Å². The third-order valence-corrected chi connectivity index (χ3v) is 5.05. The SMILES string of the molecule is CCCc1cc(=O)[nH]c(S[C@H](C)C(=O)NCCC2=CCCCC2)n1. The molecule has 0 radical (unpaired) electrons. The maximum absolute atomic E-state index is 12.2. The van der Waals surface area contributed by atoms with Crippen LogP contribution in [0.15, 0.2) is 27.7 Å². The summed E-state index contributed by atoms with van der Waals surface area (Å²) in [5.74, 6) is -0.0139. The highest BCUT2D eigenvalue weighted by molar-refractivity contribution is 8.00. The van der Waals surface area contributed by atoms with Crippen molar-refractivity contribution in [3.8, 4) is 0 Å². The molecule has 1 amide bonds. The van der Waals surface area contributed by atoms with Crippen molar-refractivity contribution in [3.05, 3.63) is 33.8 Å². The van der Waals surface area contributed by atoms with Gasteiger partial charge in [-0.3, -0.25) is 9.59 Å². The van der Waals surface area contributed by atoms with E-state index in [1.165, 1.54) is 42.7 Å². The number of rotatable bonds is 8. The second-order valence-electron chi connectivity index (χ2n) is 6.20. The predicted molar refractivity (Wildman–Crippen MR) is 98.3 cm³/mol. The van der Waals surface area contributed by atoms with Gasteiger partial charge in [-0.2, -0.15) is 0 Å². The second kappa shape index (κ2) is 9.67. The van der Waals surface area contributed by atoms with Gasteiger partial charge in [0.1, 0.15) is 0 Å². The number of aryl methyl sites for hydroxylation is 1. The fourth-order valence-corrected chi connectivity index (χ4v) is 3.62. The van der Waals surface area contributed by atoms with Crippen LogP contribution in [0.5, 0.6) is 0 Å². The van der Waals surface area contributed by atoms with Crippen molar-refractivity contribution >= 4 is 17.7 Å². The molecule has 6 heteroatoms. The van der Waals surface area contributed by atoms with Gasteiger partial charge in [0.15, 0.2) is 5.16 Å². The molecule has 0 aromatic carbocycles. The smallest absolute Gasteiger partial charge is 0.251 e. The number of hydrogen-bond acceptors (Lipinski definition) is 4. The number of nitrogens with one attached hydrogen (secondary N) is 2. The molecule has 0 spiro atoms. The fourth-order valence-electron chi connectivity index (χ4n) is 2.77. The number of nitrogens with zero attached hydrogens (tertiary/aromatic N) is 1. The Morgan fingerprint density at radius 3 is 2.96 bits per heavy atom. The summed E-state index contributed by atoms with van der Waals surface area (Å²) in [6.45, 7) is 4.56. The molecular weight excluding hydrogens is 322 g/mol. The molecule has 1 aliphatic carbocycles. The minimum Gasteiger partial charge on any atom is -0.355 e. The van der Waals surface area contributed by atoms with Crippen LogP contribution in [-0.4, -0.2) is 27.7 Å². The van der Waals surface area contributed by atoms with Gasteiger partial charge in [-0.15, -0.1) is 0 Å². The normalized spacial score (nSPS) is 15.7. The third-order valence-electron chi connectivity index (χ3n) is 4.07. The first kappa shape index (κ1) is 18.8. The average molecular weight is 350 g/mol. The Bertz CT molecular complexity index is 639. The van der Waals surface area contributed by atoms with E-state index in [1.807, 2.05) is 13.8 Å². The maximum Gasteiger partial charge on any atom is 0.251 e. The van der Waals surface area contributed by atoms with E-state index in [0.717, 1.165) is 31.4 Å². The van der Waals surface area contributed by atoms with Crippen molar-refractivity contribution in [1.29, 1.82) is 0 Å². The zero-order valence-electron chi connectivity index (χ0n) is 14.6. The number of aromatic nitrogens is 2. The van der Waals surface area contributed by atoms with Crippen LogP contribution in [0.2, 0.25) is 0 Å². The first-order valence-electron chi connectivity index (χ1n) is 8.81. The van der Waals surface area contributed by atoms with Gasteiger partial charge < -0.3 is 10.3 Å². The summed E-state index contributed by atoms with van der Waals surface area (Å²) >= 11 is 1.30. The van der Waals surface area contributed by atoms with Crippen LogP contribution in [-0.2, 0) is 11.2 Å². The molecule has 1 aromatic heterocycles. The van der Waals surface area contributed by atoms with Gasteiger partial charge in [0.05, 0.1) is 5.25 Å². The van der Waals surface area contributed by atoms with Gasteiger partial charge in [-0.1, -0.05) is 36.8 Å². The van der Waals surface area contributed by atoms with Crippen LogP contribution in [0.3, 0.4) is 0 Å². The summed E-state index contributed by atoms with van der Waals surface area (Å²) in [6, 6.07) is 1.52. The maximum atomic E-state index is 12.2. The molecule has 0 saturated carbocycles. The highest BCUT2D eigenvalue weighted by Gasteiger charge is 2.16. The summed E-state index contributed by atoms with van der Waals surface area (Å²) in [4.78, 5) is 31.0. The van der Waals surface area contributed by atoms with Crippen molar-refractivity contribution in [1.82, 2.24) is 15.3 Å². The Balaban J connectivity index is 1.82. The molecule has 0 fully saturated rings. The zero-order valence-corrected chi connectivity index (χ0v) is 15.4. The van der Waals surface area contributed by atoms with Gasteiger partial charge in [-0.25, -0.2) is 4.98 Å². The summed E-state index contributed by atoms with van der Waals surface area (Å²) < 4.78 is 0. The lowest BCUT2D eigenvalue weighted by Gasteiger charge is -2.15. The molecule has 132 valence electrons. The number of amides is 1. The van der Waals surface area contributed by atoms with Crippen LogP contribution in [0.1, 0.15) is 58.1 Å². The van der Waals surface area contributed by atoms with Crippen molar-refractivity contribution < 1.29 is 4.79 Å². The van der Waals surface area contributed by atoms with Crippen molar-refractivity contribution in [2.45, 2.75) is 69.2 Å². The lowest BCUT2D eigenvalue weighted by molar-refractivity contribution is -0.120. The van der Waals surface area contributed by atoms with E-state index < -0.39 is 0 Å². The summed E-state index contributed by atoms with van der Waals surface area (Å²) in [5.41, 5.74) is 2.08. The average Bonchev–Trinajstić information content (AvgIpc) is 2.55. The van der Waals surface area contributed by atoms with Crippen LogP contribution in [0.4, 0.5) is 0 Å². The van der Waals surface area contributed by atoms with E-state index in [1.54, 1.807) is 0 Å². The van der Waals surface area contributed by atoms with E-state index in [0.29, 0.717) is 11.7 Å². The lowest BCUT2D eigenvalue weighted by atomic mass is 9.97. The molecule has 24 heavy (non-hydrogen) atoms. The first-order valence-corrected chi connectivity index (χ1v) is 9.69. The molecule has 5 nitrogen and oxygen atoms in total. The Morgan fingerprint density at radius 2 is 2.25 bits per heavy atom. The molecule has 0 unspecified atom stereocenters. The molecule has 0 saturated heterocycles.